The second-order valence-corrected chi connectivity index (χ2v) is 4.24. The third-order valence-electron chi connectivity index (χ3n) is 2.21. The van der Waals surface area contributed by atoms with Gasteiger partial charge in [0.05, 0.1) is 15.0 Å². The molecule has 0 atom stereocenters. The van der Waals surface area contributed by atoms with Gasteiger partial charge in [-0.2, -0.15) is 4.98 Å². The van der Waals surface area contributed by atoms with Gasteiger partial charge in [-0.05, 0) is 0 Å². The Kier molecular flexibility index (Phi) is 3.36. The smallest absolute Gasteiger partial charge is 0.271 e. The highest BCUT2D eigenvalue weighted by atomic mass is 35.5. The first-order chi connectivity index (χ1) is 8.90. The van der Waals surface area contributed by atoms with E-state index >= 15 is 0 Å². The number of hydrogen-bond donors (Lipinski definition) is 2. The predicted octanol–water partition coefficient (Wildman–Crippen LogP) is 1.92. The van der Waals surface area contributed by atoms with E-state index in [-0.39, 0.29) is 38.8 Å². The zero-order valence-corrected chi connectivity index (χ0v) is 10.7. The fourth-order valence-corrected chi connectivity index (χ4v) is 1.81. The number of nitrogens with two attached hydrogens (primary N) is 2. The van der Waals surface area contributed by atoms with E-state index in [4.69, 9.17) is 34.7 Å². The second-order valence-electron chi connectivity index (χ2n) is 3.45. The molecule has 0 aliphatic rings. The third-order valence-corrected chi connectivity index (χ3v) is 3.01. The van der Waals surface area contributed by atoms with Crippen LogP contribution in [0.3, 0.4) is 0 Å². The molecule has 98 valence electrons. The van der Waals surface area contributed by atoms with Crippen molar-refractivity contribution in [2.75, 3.05) is 11.5 Å². The molecule has 2 rings (SSSR count). The van der Waals surface area contributed by atoms with E-state index < -0.39 is 4.92 Å². The summed E-state index contributed by atoms with van der Waals surface area (Å²) in [7, 11) is 0. The molecule has 0 spiro atoms. The quantitative estimate of drug-likeness (QED) is 0.639. The molecule has 2 aromatic rings. The van der Waals surface area contributed by atoms with Crippen LogP contribution in [0.2, 0.25) is 10.0 Å². The second kappa shape index (κ2) is 4.82. The summed E-state index contributed by atoms with van der Waals surface area (Å²) >= 11 is 11.8. The van der Waals surface area contributed by atoms with Crippen molar-refractivity contribution in [3.8, 4) is 11.3 Å². The standard InChI is InChI=1S/C9H6Cl2N6O2/c10-5-2-3(17(18)19)1-4(6(5)11)7-8(12)14-9(13)16-15-7/h1-2H,(H4,12,13,14,16). The van der Waals surface area contributed by atoms with E-state index in [2.05, 4.69) is 15.2 Å². The van der Waals surface area contributed by atoms with Crippen molar-refractivity contribution in [2.24, 2.45) is 0 Å². The first-order valence-electron chi connectivity index (χ1n) is 4.79. The molecular weight excluding hydrogens is 295 g/mol. The number of nitro groups is 1. The molecule has 1 aromatic heterocycles. The number of nitrogens with zero attached hydrogens (tertiary/aromatic N) is 4. The van der Waals surface area contributed by atoms with Crippen LogP contribution >= 0.6 is 23.2 Å². The number of nitrogen functional groups attached to an aromatic ring is 2. The Morgan fingerprint density at radius 3 is 2.47 bits per heavy atom. The van der Waals surface area contributed by atoms with Gasteiger partial charge in [-0.15, -0.1) is 10.2 Å². The molecule has 0 aliphatic carbocycles. The van der Waals surface area contributed by atoms with Gasteiger partial charge in [0.1, 0.15) is 5.69 Å². The minimum absolute atomic E-state index is 0.00360. The average Bonchev–Trinajstić information content (AvgIpc) is 2.33. The van der Waals surface area contributed by atoms with E-state index in [1.54, 1.807) is 0 Å². The topological polar surface area (TPSA) is 134 Å². The number of hydrogen-bond acceptors (Lipinski definition) is 7. The largest absolute Gasteiger partial charge is 0.382 e. The number of nitro benzene ring substituents is 1. The van der Waals surface area contributed by atoms with Crippen LogP contribution in [0.5, 0.6) is 0 Å². The molecule has 8 nitrogen and oxygen atoms in total. The van der Waals surface area contributed by atoms with Crippen molar-refractivity contribution in [2.45, 2.75) is 0 Å². The summed E-state index contributed by atoms with van der Waals surface area (Å²) in [6.07, 6.45) is 0. The summed E-state index contributed by atoms with van der Waals surface area (Å²) in [5.74, 6) is -0.167. The fourth-order valence-electron chi connectivity index (χ4n) is 1.40. The van der Waals surface area contributed by atoms with Crippen LogP contribution in [0, 0.1) is 10.1 Å². The lowest BCUT2D eigenvalue weighted by Crippen LogP contribution is -2.05. The van der Waals surface area contributed by atoms with E-state index in [0.717, 1.165) is 6.07 Å². The summed E-state index contributed by atoms with van der Waals surface area (Å²) in [6.45, 7) is 0. The SMILES string of the molecule is Nc1nnc(-c2cc([N+](=O)[O-])cc(Cl)c2Cl)c(N)n1. The number of rotatable bonds is 2. The fraction of sp³-hybridized carbons (Fsp3) is 0. The predicted molar refractivity (Wildman–Crippen MR) is 70.8 cm³/mol. The Bertz CT molecular complexity index is 678. The molecule has 19 heavy (non-hydrogen) atoms. The Labute approximate surface area is 116 Å². The van der Waals surface area contributed by atoms with Gasteiger partial charge in [0.15, 0.2) is 5.82 Å². The third kappa shape index (κ3) is 2.49. The molecule has 1 heterocycles. The molecule has 1 aromatic carbocycles. The van der Waals surface area contributed by atoms with Crippen LogP contribution < -0.4 is 11.5 Å². The van der Waals surface area contributed by atoms with Crippen LogP contribution in [0.4, 0.5) is 17.5 Å². The Morgan fingerprint density at radius 1 is 1.21 bits per heavy atom. The average molecular weight is 301 g/mol. The summed E-state index contributed by atoms with van der Waals surface area (Å²) in [5.41, 5.74) is 10.9. The summed E-state index contributed by atoms with van der Waals surface area (Å²) in [4.78, 5) is 13.9. The molecule has 0 saturated heterocycles. The number of aromatic nitrogens is 3. The van der Waals surface area contributed by atoms with E-state index in [1.807, 2.05) is 0 Å². The highest BCUT2D eigenvalue weighted by Crippen LogP contribution is 2.37. The molecular formula is C9H6Cl2N6O2. The molecule has 0 bridgehead atoms. The highest BCUT2D eigenvalue weighted by molar-refractivity contribution is 6.44. The molecule has 10 heteroatoms. The minimum atomic E-state index is -0.611. The van der Waals surface area contributed by atoms with Gasteiger partial charge in [0.2, 0.25) is 5.95 Å². The van der Waals surface area contributed by atoms with Gasteiger partial charge in [0.25, 0.3) is 5.69 Å². The van der Waals surface area contributed by atoms with Gasteiger partial charge in [-0.1, -0.05) is 23.2 Å². The molecule has 0 aliphatic heterocycles. The van der Waals surface area contributed by atoms with Gasteiger partial charge in [-0.25, -0.2) is 0 Å². The monoisotopic (exact) mass is 300 g/mol. The van der Waals surface area contributed by atoms with Crippen LogP contribution in [0.15, 0.2) is 12.1 Å². The number of halogens is 2. The van der Waals surface area contributed by atoms with E-state index in [0.29, 0.717) is 0 Å². The zero-order valence-electron chi connectivity index (χ0n) is 9.17. The van der Waals surface area contributed by atoms with Crippen LogP contribution in [0.1, 0.15) is 0 Å². The Balaban J connectivity index is 2.70. The lowest BCUT2D eigenvalue weighted by atomic mass is 10.1. The molecule has 0 radical (unpaired) electrons. The maximum atomic E-state index is 10.8. The molecule has 0 saturated carbocycles. The van der Waals surface area contributed by atoms with Crippen molar-refractivity contribution in [1.29, 1.82) is 0 Å². The molecule has 0 fully saturated rings. The van der Waals surface area contributed by atoms with Crippen molar-refractivity contribution < 1.29 is 4.92 Å². The maximum Gasteiger partial charge on any atom is 0.271 e. The van der Waals surface area contributed by atoms with Crippen LogP contribution in [-0.2, 0) is 0 Å². The number of benzene rings is 1. The number of non-ortho nitro benzene ring substituents is 1. The summed E-state index contributed by atoms with van der Waals surface area (Å²) in [6, 6.07) is 2.31. The van der Waals surface area contributed by atoms with E-state index in [9.17, 15) is 10.1 Å². The van der Waals surface area contributed by atoms with Gasteiger partial charge < -0.3 is 11.5 Å². The van der Waals surface area contributed by atoms with Gasteiger partial charge >= 0.3 is 0 Å². The molecule has 0 amide bonds. The van der Waals surface area contributed by atoms with Crippen molar-refractivity contribution in [3.05, 3.63) is 32.3 Å². The van der Waals surface area contributed by atoms with Crippen molar-refractivity contribution >= 4 is 40.7 Å². The lowest BCUT2D eigenvalue weighted by molar-refractivity contribution is -0.384. The summed E-state index contributed by atoms with van der Waals surface area (Å²) in [5, 5.41) is 18.1. The first-order valence-corrected chi connectivity index (χ1v) is 5.55. The van der Waals surface area contributed by atoms with Crippen LogP contribution in [0.25, 0.3) is 11.3 Å². The summed E-state index contributed by atoms with van der Waals surface area (Å²) < 4.78 is 0. The van der Waals surface area contributed by atoms with Crippen LogP contribution in [-0.4, -0.2) is 20.1 Å². The van der Waals surface area contributed by atoms with Gasteiger partial charge in [0, 0.05) is 17.7 Å². The van der Waals surface area contributed by atoms with E-state index in [1.165, 1.54) is 6.07 Å². The normalized spacial score (nSPS) is 10.4. The maximum absolute atomic E-state index is 10.8. The van der Waals surface area contributed by atoms with Crippen molar-refractivity contribution in [1.82, 2.24) is 15.2 Å². The zero-order chi connectivity index (χ0) is 14.2. The molecule has 0 unspecified atom stereocenters. The highest BCUT2D eigenvalue weighted by Gasteiger charge is 2.19. The Morgan fingerprint density at radius 2 is 1.89 bits per heavy atom. The lowest BCUT2D eigenvalue weighted by Gasteiger charge is -2.07. The minimum Gasteiger partial charge on any atom is -0.382 e. The van der Waals surface area contributed by atoms with Gasteiger partial charge in [-0.3, -0.25) is 10.1 Å². The Hall–Kier alpha value is -2.19. The first kappa shape index (κ1) is 13.2. The van der Waals surface area contributed by atoms with Crippen molar-refractivity contribution in [3.63, 3.8) is 0 Å². The molecule has 4 N–H and O–H groups in total. The number of anilines is 2.